The Hall–Kier alpha value is -2.44. The van der Waals surface area contributed by atoms with E-state index in [9.17, 15) is 14.7 Å². The van der Waals surface area contributed by atoms with Gasteiger partial charge in [-0.25, -0.2) is 4.79 Å². The van der Waals surface area contributed by atoms with Gasteiger partial charge in [-0.3, -0.25) is 4.79 Å². The number of hydrogen-bond donors (Lipinski definition) is 2. The van der Waals surface area contributed by atoms with E-state index in [1.807, 2.05) is 41.3 Å². The zero-order valence-corrected chi connectivity index (χ0v) is 18.8. The summed E-state index contributed by atoms with van der Waals surface area (Å²) in [5, 5.41) is 19.6. The largest absolute Gasteiger partial charge is 0.477 e. The molecule has 1 aromatic heterocycles. The molecule has 166 valence electrons. The lowest BCUT2D eigenvalue weighted by Crippen LogP contribution is -2.33. The van der Waals surface area contributed by atoms with Gasteiger partial charge < -0.3 is 15.1 Å². The van der Waals surface area contributed by atoms with Gasteiger partial charge in [-0.15, -0.1) is 11.3 Å². The average Bonchev–Trinajstić information content (AvgIpc) is 3.38. The summed E-state index contributed by atoms with van der Waals surface area (Å²) >= 11 is 1.30. The van der Waals surface area contributed by atoms with Crippen molar-refractivity contribution in [3.63, 3.8) is 0 Å². The number of rotatable bonds is 11. The van der Waals surface area contributed by atoms with Crippen LogP contribution in [-0.2, 0) is 17.6 Å². The first-order valence-corrected chi connectivity index (χ1v) is 11.8. The normalized spacial score (nSPS) is 18.6. The summed E-state index contributed by atoms with van der Waals surface area (Å²) in [6.07, 6.45) is 8.03. The number of aliphatic hydroxyl groups excluding tert-OH is 1. The molecule has 6 heteroatoms. The lowest BCUT2D eigenvalue weighted by atomic mass is 9.95. The number of carboxylic acid groups (broad SMARTS) is 1. The van der Waals surface area contributed by atoms with Crippen molar-refractivity contribution in [1.82, 2.24) is 4.90 Å². The molecule has 1 fully saturated rings. The van der Waals surface area contributed by atoms with Crippen LogP contribution >= 0.6 is 11.3 Å². The highest BCUT2D eigenvalue weighted by Crippen LogP contribution is 2.23. The molecule has 31 heavy (non-hydrogen) atoms. The van der Waals surface area contributed by atoms with E-state index in [1.165, 1.54) is 16.9 Å². The van der Waals surface area contributed by atoms with Crippen LogP contribution in [0.25, 0.3) is 0 Å². The Morgan fingerprint density at radius 1 is 1.23 bits per heavy atom. The number of carboxylic acids is 1. The van der Waals surface area contributed by atoms with Gasteiger partial charge in [0.25, 0.3) is 0 Å². The lowest BCUT2D eigenvalue weighted by molar-refractivity contribution is -0.128. The quantitative estimate of drug-likeness (QED) is 0.501. The number of thiophene rings is 1. The van der Waals surface area contributed by atoms with E-state index in [0.29, 0.717) is 17.8 Å². The minimum atomic E-state index is -0.896. The number of hydrogen-bond acceptors (Lipinski definition) is 4. The van der Waals surface area contributed by atoms with Crippen LogP contribution in [0.15, 0.2) is 54.6 Å². The zero-order chi connectivity index (χ0) is 22.2. The molecule has 0 aliphatic carbocycles. The standard InChI is InChI=1S/C25H31NO4S/c1-18(9-10-19-6-3-2-4-7-19)22(27)14-11-20-12-16-24(28)26(20)17-5-8-21-13-15-23(31-21)25(29)30/h2-4,6-7,11,13-15,18,20,22,27H,5,8-10,12,16-17H2,1H3,(H,29,30)/t18-,20?,22-/m1/s1. The maximum atomic E-state index is 12.3. The molecule has 0 spiro atoms. The average molecular weight is 442 g/mol. The molecule has 1 aliphatic rings. The number of aliphatic hydroxyl groups is 1. The van der Waals surface area contributed by atoms with Crippen molar-refractivity contribution in [2.24, 2.45) is 5.92 Å². The first-order chi connectivity index (χ1) is 14.9. The summed E-state index contributed by atoms with van der Waals surface area (Å²) < 4.78 is 0. The van der Waals surface area contributed by atoms with Crippen LogP contribution in [0.5, 0.6) is 0 Å². The van der Waals surface area contributed by atoms with Crippen LogP contribution in [0.1, 0.15) is 52.7 Å². The van der Waals surface area contributed by atoms with Gasteiger partial charge in [-0.1, -0.05) is 49.4 Å². The van der Waals surface area contributed by atoms with Gasteiger partial charge in [0.05, 0.1) is 12.1 Å². The van der Waals surface area contributed by atoms with Gasteiger partial charge in [0.1, 0.15) is 4.88 Å². The second kappa shape index (κ2) is 11.3. The number of aromatic carboxylic acids is 1. The predicted molar refractivity (Wildman–Crippen MR) is 123 cm³/mol. The van der Waals surface area contributed by atoms with E-state index < -0.39 is 12.1 Å². The number of carbonyl (C=O) groups excluding carboxylic acids is 1. The highest BCUT2D eigenvalue weighted by atomic mass is 32.1. The van der Waals surface area contributed by atoms with Crippen LogP contribution < -0.4 is 0 Å². The van der Waals surface area contributed by atoms with Gasteiger partial charge in [0, 0.05) is 17.8 Å². The maximum absolute atomic E-state index is 12.3. The molecular formula is C25H31NO4S. The molecule has 3 atom stereocenters. The third-order valence-corrected chi connectivity index (χ3v) is 7.05. The van der Waals surface area contributed by atoms with E-state index >= 15 is 0 Å². The monoisotopic (exact) mass is 441 g/mol. The third-order valence-electron chi connectivity index (χ3n) is 5.91. The van der Waals surface area contributed by atoms with Crippen molar-refractivity contribution >= 4 is 23.2 Å². The molecule has 5 nitrogen and oxygen atoms in total. The van der Waals surface area contributed by atoms with E-state index in [4.69, 9.17) is 5.11 Å². The Balaban J connectivity index is 1.46. The molecule has 1 aromatic carbocycles. The fraction of sp³-hybridized carbons (Fsp3) is 0.440. The second-order valence-electron chi connectivity index (χ2n) is 8.24. The number of amides is 1. The minimum absolute atomic E-state index is 0.0291. The van der Waals surface area contributed by atoms with Gasteiger partial charge >= 0.3 is 5.97 Å². The van der Waals surface area contributed by atoms with Crippen molar-refractivity contribution in [3.8, 4) is 0 Å². The molecule has 0 saturated carbocycles. The molecule has 1 saturated heterocycles. The fourth-order valence-electron chi connectivity index (χ4n) is 3.94. The Labute approximate surface area is 188 Å². The predicted octanol–water partition coefficient (Wildman–Crippen LogP) is 4.56. The van der Waals surface area contributed by atoms with Crippen LogP contribution in [0.4, 0.5) is 0 Å². The van der Waals surface area contributed by atoms with Gasteiger partial charge in [0.15, 0.2) is 0 Å². The smallest absolute Gasteiger partial charge is 0.345 e. The minimum Gasteiger partial charge on any atom is -0.477 e. The van der Waals surface area contributed by atoms with Gasteiger partial charge in [-0.2, -0.15) is 0 Å². The number of likely N-dealkylation sites (tertiary alicyclic amines) is 1. The van der Waals surface area contributed by atoms with Crippen LogP contribution in [0.2, 0.25) is 0 Å². The molecule has 2 N–H and O–H groups in total. The first kappa shape index (κ1) is 23.2. The van der Waals surface area contributed by atoms with Crippen molar-refractivity contribution in [1.29, 1.82) is 0 Å². The lowest BCUT2D eigenvalue weighted by Gasteiger charge is -2.23. The maximum Gasteiger partial charge on any atom is 0.345 e. The Kier molecular flexibility index (Phi) is 8.43. The number of nitrogens with zero attached hydrogens (tertiary/aromatic N) is 1. The van der Waals surface area contributed by atoms with Crippen LogP contribution in [0, 0.1) is 5.92 Å². The van der Waals surface area contributed by atoms with Crippen molar-refractivity contribution in [2.75, 3.05) is 6.54 Å². The van der Waals surface area contributed by atoms with E-state index in [0.717, 1.165) is 37.0 Å². The Bertz CT molecular complexity index is 892. The number of aryl methyl sites for hydroxylation is 2. The topological polar surface area (TPSA) is 77.8 Å². The Morgan fingerprint density at radius 2 is 2.00 bits per heavy atom. The molecule has 1 aliphatic heterocycles. The molecule has 0 bridgehead atoms. The van der Waals surface area contributed by atoms with Gasteiger partial charge in [0.2, 0.25) is 5.91 Å². The molecule has 2 heterocycles. The number of carbonyl (C=O) groups is 2. The molecular weight excluding hydrogens is 410 g/mol. The highest BCUT2D eigenvalue weighted by Gasteiger charge is 2.28. The van der Waals surface area contributed by atoms with Crippen LogP contribution in [-0.4, -0.2) is 45.7 Å². The van der Waals surface area contributed by atoms with Crippen LogP contribution in [0.3, 0.4) is 0 Å². The second-order valence-corrected chi connectivity index (χ2v) is 9.41. The van der Waals surface area contributed by atoms with Crippen molar-refractivity contribution in [2.45, 2.75) is 57.6 Å². The fourth-order valence-corrected chi connectivity index (χ4v) is 4.83. The summed E-state index contributed by atoms with van der Waals surface area (Å²) in [4.78, 5) is 26.6. The summed E-state index contributed by atoms with van der Waals surface area (Å²) in [6, 6.07) is 13.8. The summed E-state index contributed by atoms with van der Waals surface area (Å²) in [5.41, 5.74) is 1.28. The van der Waals surface area contributed by atoms with Crippen molar-refractivity contribution in [3.05, 3.63) is 69.9 Å². The SMILES string of the molecule is C[C@H](CCc1ccccc1)[C@H](O)C=CC1CCC(=O)N1CCCc1ccc(C(=O)O)s1. The molecule has 1 amide bonds. The van der Waals surface area contributed by atoms with Crippen molar-refractivity contribution < 1.29 is 19.8 Å². The Morgan fingerprint density at radius 3 is 2.71 bits per heavy atom. The summed E-state index contributed by atoms with van der Waals surface area (Å²) in [5.74, 6) is -0.601. The van der Waals surface area contributed by atoms with E-state index in [-0.39, 0.29) is 17.9 Å². The van der Waals surface area contributed by atoms with E-state index in [1.54, 1.807) is 6.07 Å². The molecule has 3 rings (SSSR count). The molecule has 2 aromatic rings. The van der Waals surface area contributed by atoms with Gasteiger partial charge in [-0.05, 0) is 55.7 Å². The highest BCUT2D eigenvalue weighted by molar-refractivity contribution is 7.13. The summed E-state index contributed by atoms with van der Waals surface area (Å²) in [7, 11) is 0. The zero-order valence-electron chi connectivity index (χ0n) is 17.9. The third kappa shape index (κ3) is 6.77. The molecule has 0 radical (unpaired) electrons. The number of benzene rings is 1. The molecule has 1 unspecified atom stereocenters. The van der Waals surface area contributed by atoms with E-state index in [2.05, 4.69) is 19.1 Å². The first-order valence-electron chi connectivity index (χ1n) is 11.0. The summed E-state index contributed by atoms with van der Waals surface area (Å²) in [6.45, 7) is 2.70.